The molecule has 1 aliphatic heterocycles. The Balaban J connectivity index is 1.15. The molecule has 0 fully saturated rings. The Bertz CT molecular complexity index is 2120. The van der Waals surface area contributed by atoms with Crippen molar-refractivity contribution in [3.63, 3.8) is 0 Å². The van der Waals surface area contributed by atoms with Crippen molar-refractivity contribution < 1.29 is 23.9 Å². The summed E-state index contributed by atoms with van der Waals surface area (Å²) in [6, 6.07) is 35.5. The van der Waals surface area contributed by atoms with E-state index >= 15 is 0 Å². The van der Waals surface area contributed by atoms with Gasteiger partial charge in [-0.1, -0.05) is 91.9 Å². The van der Waals surface area contributed by atoms with E-state index in [9.17, 15) is 19.2 Å². The van der Waals surface area contributed by atoms with Crippen LogP contribution in [-0.4, -0.2) is 47.0 Å². The average Bonchev–Trinajstić information content (AvgIpc) is 3.55. The third-order valence-electron chi connectivity index (χ3n) is 8.77. The fraction of sp³-hybridized carbons (Fsp3) is 0.209. The molecule has 1 aliphatic rings. The van der Waals surface area contributed by atoms with Crippen molar-refractivity contribution in [2.75, 3.05) is 23.8 Å². The minimum absolute atomic E-state index is 0.0816. The number of esters is 1. The second-order valence-electron chi connectivity index (χ2n) is 12.6. The molecule has 0 radical (unpaired) electrons. The molecule has 11 heteroatoms. The number of hydrogen-bond acceptors (Lipinski definition) is 8. The second-order valence-corrected chi connectivity index (χ2v) is 15.0. The van der Waals surface area contributed by atoms with Crippen LogP contribution in [0.3, 0.4) is 0 Å². The van der Waals surface area contributed by atoms with E-state index in [1.165, 1.54) is 28.7 Å². The number of nitrogens with zero attached hydrogens (tertiary/aromatic N) is 1. The minimum atomic E-state index is -0.495. The Morgan fingerprint density at radius 1 is 0.870 bits per heavy atom. The summed E-state index contributed by atoms with van der Waals surface area (Å²) in [5.74, 6) is -1.55. The number of nitrogens with one attached hydrogen (secondary N) is 3. The summed E-state index contributed by atoms with van der Waals surface area (Å²) in [5, 5.41) is 8.78. The van der Waals surface area contributed by atoms with Gasteiger partial charge < -0.3 is 20.7 Å². The zero-order chi connectivity index (χ0) is 37.9. The lowest BCUT2D eigenvalue weighted by molar-refractivity contribution is -0.116. The van der Waals surface area contributed by atoms with Crippen LogP contribution >= 0.6 is 23.1 Å². The van der Waals surface area contributed by atoms with Crippen LogP contribution < -0.4 is 16.0 Å². The van der Waals surface area contributed by atoms with E-state index in [-0.39, 0.29) is 18.2 Å². The van der Waals surface area contributed by atoms with Gasteiger partial charge in [-0.05, 0) is 72.9 Å². The summed E-state index contributed by atoms with van der Waals surface area (Å²) in [7, 11) is 0. The maximum absolute atomic E-state index is 13.8. The largest absolute Gasteiger partial charge is 0.462 e. The van der Waals surface area contributed by atoms with Crippen LogP contribution in [0.5, 0.6) is 0 Å². The molecule has 6 rings (SSSR count). The molecular formula is C43H42N4O5S2. The first-order valence-corrected chi connectivity index (χ1v) is 19.6. The Kier molecular flexibility index (Phi) is 13.1. The topological polar surface area (TPSA) is 117 Å². The lowest BCUT2D eigenvalue weighted by Gasteiger charge is -2.27. The van der Waals surface area contributed by atoms with Gasteiger partial charge in [0, 0.05) is 40.7 Å². The summed E-state index contributed by atoms with van der Waals surface area (Å²) in [4.78, 5) is 57.9. The molecule has 9 nitrogen and oxygen atoms in total. The number of benzene rings is 4. The highest BCUT2D eigenvalue weighted by molar-refractivity contribution is 8.00. The quantitative estimate of drug-likeness (QED) is 0.0592. The fourth-order valence-corrected chi connectivity index (χ4v) is 8.42. The molecule has 3 amide bonds. The SMILES string of the molecule is CCOC(=O)c1c(NC(=O)C(CC)Sc2cccc(NC(=O)/C(=C/c3ccccc3)NC(=O)c3ccccc3)c2)sc2c1CCN(Cc1ccccc1)C2. The molecule has 3 N–H and O–H groups in total. The number of carbonyl (C=O) groups is 4. The predicted molar refractivity (Wildman–Crippen MR) is 217 cm³/mol. The Morgan fingerprint density at radius 2 is 1.57 bits per heavy atom. The number of fused-ring (bicyclic) bond motifs is 1. The van der Waals surface area contributed by atoms with E-state index in [0.717, 1.165) is 34.0 Å². The molecule has 0 saturated carbocycles. The van der Waals surface area contributed by atoms with Crippen molar-refractivity contribution in [1.82, 2.24) is 10.2 Å². The molecule has 0 spiro atoms. The molecule has 1 unspecified atom stereocenters. The van der Waals surface area contributed by atoms with Crippen molar-refractivity contribution in [2.24, 2.45) is 0 Å². The smallest absolute Gasteiger partial charge is 0.341 e. The van der Waals surface area contributed by atoms with Crippen molar-refractivity contribution in [1.29, 1.82) is 0 Å². The minimum Gasteiger partial charge on any atom is -0.462 e. The van der Waals surface area contributed by atoms with E-state index < -0.39 is 23.0 Å². The highest BCUT2D eigenvalue weighted by Gasteiger charge is 2.31. The first-order chi connectivity index (χ1) is 26.3. The van der Waals surface area contributed by atoms with Gasteiger partial charge in [0.1, 0.15) is 10.7 Å². The van der Waals surface area contributed by atoms with Crippen LogP contribution in [0.1, 0.15) is 62.6 Å². The molecule has 4 aromatic carbocycles. The van der Waals surface area contributed by atoms with Gasteiger partial charge in [0.25, 0.3) is 11.8 Å². The zero-order valence-corrected chi connectivity index (χ0v) is 31.8. The maximum Gasteiger partial charge on any atom is 0.341 e. The van der Waals surface area contributed by atoms with Crippen LogP contribution in [0.25, 0.3) is 6.08 Å². The van der Waals surface area contributed by atoms with Gasteiger partial charge >= 0.3 is 5.97 Å². The van der Waals surface area contributed by atoms with Gasteiger partial charge in [-0.2, -0.15) is 0 Å². The molecule has 0 saturated heterocycles. The summed E-state index contributed by atoms with van der Waals surface area (Å²) in [5.41, 5.74) is 4.38. The highest BCUT2D eigenvalue weighted by atomic mass is 32.2. The van der Waals surface area contributed by atoms with Crippen LogP contribution in [-0.2, 0) is 33.8 Å². The number of thiophene rings is 1. The summed E-state index contributed by atoms with van der Waals surface area (Å²) in [6.07, 6.45) is 2.83. The number of ether oxygens (including phenoxy) is 1. The van der Waals surface area contributed by atoms with Crippen molar-refractivity contribution in [3.05, 3.63) is 154 Å². The van der Waals surface area contributed by atoms with Crippen molar-refractivity contribution in [2.45, 2.75) is 49.9 Å². The monoisotopic (exact) mass is 758 g/mol. The van der Waals surface area contributed by atoms with Crippen molar-refractivity contribution in [3.8, 4) is 0 Å². The number of anilines is 2. The van der Waals surface area contributed by atoms with E-state index in [1.54, 1.807) is 55.5 Å². The summed E-state index contributed by atoms with van der Waals surface area (Å²) < 4.78 is 5.45. The number of amides is 3. The average molecular weight is 759 g/mol. The highest BCUT2D eigenvalue weighted by Crippen LogP contribution is 2.39. The molecule has 5 aromatic rings. The lowest BCUT2D eigenvalue weighted by Crippen LogP contribution is -2.30. The van der Waals surface area contributed by atoms with E-state index in [0.29, 0.717) is 41.2 Å². The third-order valence-corrected chi connectivity index (χ3v) is 11.3. The normalized spacial score (nSPS) is 13.3. The summed E-state index contributed by atoms with van der Waals surface area (Å²) >= 11 is 2.81. The molecule has 1 atom stereocenters. The van der Waals surface area contributed by atoms with Crippen LogP contribution in [0, 0.1) is 0 Å². The van der Waals surface area contributed by atoms with Crippen LogP contribution in [0.15, 0.2) is 126 Å². The van der Waals surface area contributed by atoms with Crippen LogP contribution in [0.4, 0.5) is 10.7 Å². The van der Waals surface area contributed by atoms with E-state index in [2.05, 4.69) is 33.0 Å². The van der Waals surface area contributed by atoms with Gasteiger partial charge in [0.15, 0.2) is 0 Å². The van der Waals surface area contributed by atoms with Gasteiger partial charge in [-0.3, -0.25) is 19.3 Å². The third kappa shape index (κ3) is 9.93. The molecule has 54 heavy (non-hydrogen) atoms. The second kappa shape index (κ2) is 18.5. The number of carbonyl (C=O) groups excluding carboxylic acids is 4. The van der Waals surface area contributed by atoms with E-state index in [4.69, 9.17) is 4.74 Å². The predicted octanol–water partition coefficient (Wildman–Crippen LogP) is 8.40. The Labute approximate surface area is 323 Å². The molecule has 2 heterocycles. The van der Waals surface area contributed by atoms with Crippen LogP contribution in [0.2, 0.25) is 0 Å². The van der Waals surface area contributed by atoms with Gasteiger partial charge in [-0.15, -0.1) is 23.1 Å². The number of rotatable bonds is 14. The molecule has 1 aromatic heterocycles. The lowest BCUT2D eigenvalue weighted by atomic mass is 10.0. The Hall–Kier alpha value is -5.49. The molecule has 0 bridgehead atoms. The van der Waals surface area contributed by atoms with Gasteiger partial charge in [0.2, 0.25) is 5.91 Å². The fourth-order valence-electron chi connectivity index (χ4n) is 6.12. The standard InChI is InChI=1S/C43H42N4O5S2/c1-3-36(41(50)46-42-38(43(51)52-4-2)34-23-24-47(28-37(34)54-42)27-30-17-10-6-11-18-30)53-33-22-14-21-32(26-33)44-40(49)35(25-29-15-8-5-9-16-29)45-39(48)31-19-12-7-13-20-31/h5-22,25-26,36H,3-4,23-24,27-28H2,1-2H3,(H,44,49)(H,45,48)(H,46,50)/b35-25-. The van der Waals surface area contributed by atoms with Crippen molar-refractivity contribution >= 4 is 63.6 Å². The number of thioether (sulfide) groups is 1. The van der Waals surface area contributed by atoms with E-state index in [1.807, 2.05) is 67.6 Å². The zero-order valence-electron chi connectivity index (χ0n) is 30.2. The summed E-state index contributed by atoms with van der Waals surface area (Å²) in [6.45, 7) is 6.22. The molecule has 276 valence electrons. The first kappa shape index (κ1) is 38.2. The van der Waals surface area contributed by atoms with Gasteiger partial charge in [0.05, 0.1) is 17.4 Å². The number of hydrogen-bond donors (Lipinski definition) is 3. The Morgan fingerprint density at radius 3 is 2.28 bits per heavy atom. The maximum atomic E-state index is 13.8. The molecule has 0 aliphatic carbocycles. The molecular weight excluding hydrogens is 717 g/mol. The van der Waals surface area contributed by atoms with Gasteiger partial charge in [-0.25, -0.2) is 4.79 Å². The first-order valence-electron chi connectivity index (χ1n) is 17.9.